The standard InChI is InChI=1S/C26H32O3/c1-17-12-22(21-6-4-3-5-7-21)13-18(2)25(17)26-23(27)15-20(16-24(26)28)14-19-8-10-29-11-9-19/h4,6-7,12-13,19-20,27H,3,5,8-11,14-16H2,1-2H3. The molecule has 3 heteroatoms. The lowest BCUT2D eigenvalue weighted by molar-refractivity contribution is -0.115. The Labute approximate surface area is 174 Å². The number of rotatable bonds is 4. The number of carbonyl (C=O) groups excluding carboxylic acids is 1. The number of carbonyl (C=O) groups is 1. The molecule has 3 aliphatic rings. The summed E-state index contributed by atoms with van der Waals surface area (Å²) in [4.78, 5) is 13.1. The summed E-state index contributed by atoms with van der Waals surface area (Å²) in [6.45, 7) is 5.77. The van der Waals surface area contributed by atoms with Gasteiger partial charge in [-0.05, 0) is 85.6 Å². The molecule has 1 saturated heterocycles. The van der Waals surface area contributed by atoms with Crippen LogP contribution >= 0.6 is 0 Å². The smallest absolute Gasteiger partial charge is 0.167 e. The van der Waals surface area contributed by atoms with Crippen molar-refractivity contribution in [3.8, 4) is 0 Å². The van der Waals surface area contributed by atoms with Crippen molar-refractivity contribution in [1.29, 1.82) is 0 Å². The molecule has 0 spiro atoms. The first-order chi connectivity index (χ1) is 14.0. The van der Waals surface area contributed by atoms with Gasteiger partial charge in [0.15, 0.2) is 5.78 Å². The summed E-state index contributed by atoms with van der Waals surface area (Å²) in [5.41, 5.74) is 6.07. The SMILES string of the molecule is Cc1cc(C2=CCCC=C2)cc(C)c1C1=C(O)CC(CC2CCOCC2)CC1=O. The van der Waals surface area contributed by atoms with Crippen LogP contribution in [0.1, 0.15) is 67.2 Å². The lowest BCUT2D eigenvalue weighted by atomic mass is 9.77. The van der Waals surface area contributed by atoms with Crippen LogP contribution in [0.15, 0.2) is 36.1 Å². The van der Waals surface area contributed by atoms with Gasteiger partial charge in [0.1, 0.15) is 5.76 Å². The molecule has 29 heavy (non-hydrogen) atoms. The predicted molar refractivity (Wildman–Crippen MR) is 118 cm³/mol. The van der Waals surface area contributed by atoms with E-state index in [1.807, 2.05) is 0 Å². The van der Waals surface area contributed by atoms with Gasteiger partial charge in [-0.1, -0.05) is 30.4 Å². The van der Waals surface area contributed by atoms with Gasteiger partial charge in [-0.3, -0.25) is 4.79 Å². The van der Waals surface area contributed by atoms with Crippen LogP contribution in [-0.2, 0) is 9.53 Å². The van der Waals surface area contributed by atoms with Crippen LogP contribution in [0.5, 0.6) is 0 Å². The van der Waals surface area contributed by atoms with E-state index >= 15 is 0 Å². The van der Waals surface area contributed by atoms with E-state index < -0.39 is 0 Å². The van der Waals surface area contributed by atoms with Crippen molar-refractivity contribution in [3.05, 3.63) is 58.4 Å². The first kappa shape index (κ1) is 20.2. The lowest BCUT2D eigenvalue weighted by Crippen LogP contribution is -2.24. The highest BCUT2D eigenvalue weighted by Gasteiger charge is 2.32. The summed E-state index contributed by atoms with van der Waals surface area (Å²) in [6, 6.07) is 4.32. The number of benzene rings is 1. The van der Waals surface area contributed by atoms with Crippen molar-refractivity contribution in [2.24, 2.45) is 11.8 Å². The first-order valence-electron chi connectivity index (χ1n) is 11.0. The molecule has 1 aromatic rings. The Bertz CT molecular complexity index is 858. The number of hydrogen-bond donors (Lipinski definition) is 1. The molecular formula is C26H32O3. The molecule has 1 aromatic carbocycles. The predicted octanol–water partition coefficient (Wildman–Crippen LogP) is 6.10. The van der Waals surface area contributed by atoms with Crippen LogP contribution in [0.2, 0.25) is 0 Å². The van der Waals surface area contributed by atoms with E-state index in [4.69, 9.17) is 4.74 Å². The number of aliphatic hydroxyl groups is 1. The monoisotopic (exact) mass is 392 g/mol. The largest absolute Gasteiger partial charge is 0.512 e. The van der Waals surface area contributed by atoms with Gasteiger partial charge in [-0.2, -0.15) is 0 Å². The van der Waals surface area contributed by atoms with Crippen molar-refractivity contribution in [3.63, 3.8) is 0 Å². The fraction of sp³-hybridized carbons (Fsp3) is 0.500. The fourth-order valence-electron chi connectivity index (χ4n) is 5.23. The molecule has 0 aromatic heterocycles. The summed E-state index contributed by atoms with van der Waals surface area (Å²) in [7, 11) is 0. The summed E-state index contributed by atoms with van der Waals surface area (Å²) in [5.74, 6) is 1.26. The van der Waals surface area contributed by atoms with Crippen molar-refractivity contribution in [2.75, 3.05) is 13.2 Å². The Kier molecular flexibility index (Phi) is 6.05. The van der Waals surface area contributed by atoms with E-state index in [0.29, 0.717) is 24.3 Å². The number of ketones is 1. The van der Waals surface area contributed by atoms with E-state index in [1.165, 1.54) is 11.1 Å². The zero-order valence-corrected chi connectivity index (χ0v) is 17.7. The molecule has 1 unspecified atom stereocenters. The number of aryl methyl sites for hydroxylation is 2. The van der Waals surface area contributed by atoms with Crippen LogP contribution in [0.3, 0.4) is 0 Å². The van der Waals surface area contributed by atoms with Crippen molar-refractivity contribution in [1.82, 2.24) is 0 Å². The molecule has 0 bridgehead atoms. The van der Waals surface area contributed by atoms with Gasteiger partial charge in [-0.15, -0.1) is 0 Å². The van der Waals surface area contributed by atoms with Gasteiger partial charge in [0.05, 0.1) is 5.57 Å². The minimum Gasteiger partial charge on any atom is -0.512 e. The highest BCUT2D eigenvalue weighted by Crippen LogP contribution is 2.39. The molecule has 0 saturated carbocycles. The van der Waals surface area contributed by atoms with Gasteiger partial charge in [-0.25, -0.2) is 0 Å². The quantitative estimate of drug-likeness (QED) is 0.673. The molecule has 1 fully saturated rings. The molecule has 1 atom stereocenters. The van der Waals surface area contributed by atoms with Crippen LogP contribution < -0.4 is 0 Å². The molecule has 0 amide bonds. The normalized spacial score (nSPS) is 23.4. The van der Waals surface area contributed by atoms with E-state index in [9.17, 15) is 9.90 Å². The van der Waals surface area contributed by atoms with Crippen LogP contribution in [0, 0.1) is 25.7 Å². The second-order valence-corrected chi connectivity index (χ2v) is 8.93. The van der Waals surface area contributed by atoms with Crippen molar-refractivity contribution >= 4 is 16.9 Å². The number of aliphatic hydroxyl groups excluding tert-OH is 1. The number of Topliss-reactive ketones (excluding diaryl/α,β-unsaturated/α-hetero) is 1. The third kappa shape index (κ3) is 4.40. The Morgan fingerprint density at radius 2 is 1.76 bits per heavy atom. The third-order valence-corrected chi connectivity index (χ3v) is 6.64. The summed E-state index contributed by atoms with van der Waals surface area (Å²) in [5, 5.41) is 10.9. The second kappa shape index (κ2) is 8.71. The van der Waals surface area contributed by atoms with Gasteiger partial charge in [0, 0.05) is 26.1 Å². The van der Waals surface area contributed by atoms with Gasteiger partial charge >= 0.3 is 0 Å². The number of allylic oxidation sites excluding steroid dienone is 6. The summed E-state index contributed by atoms with van der Waals surface area (Å²) < 4.78 is 5.45. The number of ether oxygens (including phenoxy) is 1. The molecule has 0 radical (unpaired) electrons. The second-order valence-electron chi connectivity index (χ2n) is 8.93. The third-order valence-electron chi connectivity index (χ3n) is 6.64. The highest BCUT2D eigenvalue weighted by atomic mass is 16.5. The Balaban J connectivity index is 1.58. The molecule has 3 nitrogen and oxygen atoms in total. The Morgan fingerprint density at radius 3 is 2.38 bits per heavy atom. The topological polar surface area (TPSA) is 46.5 Å². The van der Waals surface area contributed by atoms with E-state index in [2.05, 4.69) is 44.2 Å². The Morgan fingerprint density at radius 1 is 1.03 bits per heavy atom. The van der Waals surface area contributed by atoms with Crippen molar-refractivity contribution in [2.45, 2.75) is 58.8 Å². The molecule has 2 aliphatic carbocycles. The van der Waals surface area contributed by atoms with E-state index in [0.717, 1.165) is 62.0 Å². The molecule has 1 aliphatic heterocycles. The van der Waals surface area contributed by atoms with Gasteiger partial charge in [0.2, 0.25) is 0 Å². The highest BCUT2D eigenvalue weighted by molar-refractivity contribution is 6.22. The van der Waals surface area contributed by atoms with Crippen LogP contribution in [-0.4, -0.2) is 24.1 Å². The molecule has 1 heterocycles. The zero-order valence-electron chi connectivity index (χ0n) is 17.7. The van der Waals surface area contributed by atoms with Gasteiger partial charge in [0.25, 0.3) is 0 Å². The Hall–Kier alpha value is -2.13. The van der Waals surface area contributed by atoms with Crippen LogP contribution in [0.25, 0.3) is 11.1 Å². The van der Waals surface area contributed by atoms with Gasteiger partial charge < -0.3 is 9.84 Å². The molecule has 1 N–H and O–H groups in total. The zero-order chi connectivity index (χ0) is 20.4. The van der Waals surface area contributed by atoms with Crippen LogP contribution in [0.4, 0.5) is 0 Å². The molecular weight excluding hydrogens is 360 g/mol. The van der Waals surface area contributed by atoms with E-state index in [1.54, 1.807) is 0 Å². The minimum absolute atomic E-state index is 0.0986. The summed E-state index contributed by atoms with van der Waals surface area (Å²) >= 11 is 0. The minimum atomic E-state index is 0.0986. The maximum Gasteiger partial charge on any atom is 0.167 e. The average Bonchev–Trinajstić information content (AvgIpc) is 2.71. The lowest BCUT2D eigenvalue weighted by Gasteiger charge is -2.30. The maximum atomic E-state index is 13.1. The fourth-order valence-corrected chi connectivity index (χ4v) is 5.23. The van der Waals surface area contributed by atoms with Crippen molar-refractivity contribution < 1.29 is 14.6 Å². The number of hydrogen-bond acceptors (Lipinski definition) is 3. The molecule has 154 valence electrons. The first-order valence-corrected chi connectivity index (χ1v) is 11.0. The average molecular weight is 393 g/mol. The maximum absolute atomic E-state index is 13.1. The van der Waals surface area contributed by atoms with E-state index in [-0.39, 0.29) is 17.5 Å². The summed E-state index contributed by atoms with van der Waals surface area (Å²) in [6.07, 6.45) is 13.2. The molecule has 4 rings (SSSR count).